The first kappa shape index (κ1) is 6.40. The highest BCUT2D eigenvalue weighted by molar-refractivity contribution is 6.01. The molecule has 1 aliphatic heterocycles. The number of hydrogen-bond donors (Lipinski definition) is 1. The summed E-state index contributed by atoms with van der Waals surface area (Å²) in [6, 6.07) is 0. The molecule has 2 aliphatic rings. The number of dihydropyridines is 1. The van der Waals surface area contributed by atoms with Gasteiger partial charge in [0.2, 0.25) is 0 Å². The van der Waals surface area contributed by atoms with Gasteiger partial charge in [-0.3, -0.25) is 4.79 Å². The first-order valence-electron chi connectivity index (χ1n) is 3.72. The van der Waals surface area contributed by atoms with Crippen molar-refractivity contribution >= 4 is 5.78 Å². The molecule has 1 heterocycles. The zero-order valence-corrected chi connectivity index (χ0v) is 6.13. The van der Waals surface area contributed by atoms with Gasteiger partial charge in [-0.15, -0.1) is 0 Å². The third-order valence-electron chi connectivity index (χ3n) is 1.87. The summed E-state index contributed by atoms with van der Waals surface area (Å²) in [5.41, 5.74) is 1.81. The van der Waals surface area contributed by atoms with Crippen molar-refractivity contribution in [3.05, 3.63) is 35.6 Å². The SMILES string of the molecule is O=C1CC=CC2=C1C=CCN2. The summed E-state index contributed by atoms with van der Waals surface area (Å²) >= 11 is 0. The predicted octanol–water partition coefficient (Wildman–Crippen LogP) is 0.929. The van der Waals surface area contributed by atoms with Crippen LogP contribution in [0.2, 0.25) is 0 Å². The highest BCUT2D eigenvalue weighted by atomic mass is 16.1. The largest absolute Gasteiger partial charge is 0.381 e. The van der Waals surface area contributed by atoms with Crippen LogP contribution in [0.3, 0.4) is 0 Å². The van der Waals surface area contributed by atoms with Gasteiger partial charge in [-0.2, -0.15) is 0 Å². The molecule has 0 fully saturated rings. The van der Waals surface area contributed by atoms with Gasteiger partial charge in [-0.05, 0) is 6.08 Å². The van der Waals surface area contributed by atoms with Gasteiger partial charge < -0.3 is 5.32 Å². The molecule has 0 aromatic rings. The highest BCUT2D eigenvalue weighted by Gasteiger charge is 2.15. The molecule has 0 unspecified atom stereocenters. The molecule has 0 atom stereocenters. The van der Waals surface area contributed by atoms with Crippen molar-refractivity contribution in [1.82, 2.24) is 5.32 Å². The molecule has 0 bridgehead atoms. The average molecular weight is 147 g/mol. The topological polar surface area (TPSA) is 29.1 Å². The summed E-state index contributed by atoms with van der Waals surface area (Å²) in [5.74, 6) is 0.214. The van der Waals surface area contributed by atoms with Gasteiger partial charge >= 0.3 is 0 Å². The Balaban J connectivity index is 2.43. The minimum absolute atomic E-state index is 0.214. The molecule has 0 spiro atoms. The fourth-order valence-corrected chi connectivity index (χ4v) is 1.32. The van der Waals surface area contributed by atoms with Crippen molar-refractivity contribution in [1.29, 1.82) is 0 Å². The summed E-state index contributed by atoms with van der Waals surface area (Å²) in [6.45, 7) is 0.830. The summed E-state index contributed by atoms with van der Waals surface area (Å²) in [4.78, 5) is 11.2. The third kappa shape index (κ3) is 1.00. The van der Waals surface area contributed by atoms with Gasteiger partial charge in [0.25, 0.3) is 0 Å². The molecular formula is C9H9NO. The summed E-state index contributed by atoms with van der Waals surface area (Å²) in [6.07, 6.45) is 8.28. The Morgan fingerprint density at radius 2 is 2.18 bits per heavy atom. The number of hydrogen-bond acceptors (Lipinski definition) is 2. The number of ketones is 1. The molecule has 11 heavy (non-hydrogen) atoms. The van der Waals surface area contributed by atoms with Crippen LogP contribution >= 0.6 is 0 Å². The van der Waals surface area contributed by atoms with Crippen molar-refractivity contribution in [2.45, 2.75) is 6.42 Å². The summed E-state index contributed by atoms with van der Waals surface area (Å²) in [7, 11) is 0. The summed E-state index contributed by atoms with van der Waals surface area (Å²) < 4.78 is 0. The van der Waals surface area contributed by atoms with Gasteiger partial charge in [-0.1, -0.05) is 18.2 Å². The van der Waals surface area contributed by atoms with E-state index in [2.05, 4.69) is 5.32 Å². The number of rotatable bonds is 0. The van der Waals surface area contributed by atoms with Crippen LogP contribution in [0.15, 0.2) is 35.6 Å². The predicted molar refractivity (Wildman–Crippen MR) is 42.9 cm³/mol. The van der Waals surface area contributed by atoms with Gasteiger partial charge in [0.15, 0.2) is 5.78 Å². The quantitative estimate of drug-likeness (QED) is 0.552. The van der Waals surface area contributed by atoms with E-state index in [-0.39, 0.29) is 5.78 Å². The lowest BCUT2D eigenvalue weighted by Gasteiger charge is -2.16. The smallest absolute Gasteiger partial charge is 0.168 e. The molecule has 0 amide bonds. The van der Waals surface area contributed by atoms with Crippen molar-refractivity contribution < 1.29 is 4.79 Å². The van der Waals surface area contributed by atoms with Gasteiger partial charge in [-0.25, -0.2) is 0 Å². The van der Waals surface area contributed by atoms with Crippen LogP contribution in [0.25, 0.3) is 0 Å². The molecule has 1 N–H and O–H groups in total. The molecule has 0 saturated carbocycles. The number of nitrogens with one attached hydrogen (secondary N) is 1. The zero-order valence-electron chi connectivity index (χ0n) is 6.13. The second kappa shape index (κ2) is 2.38. The molecule has 0 aromatic carbocycles. The Morgan fingerprint density at radius 1 is 1.27 bits per heavy atom. The van der Waals surface area contributed by atoms with E-state index in [9.17, 15) is 4.79 Å². The lowest BCUT2D eigenvalue weighted by atomic mass is 9.98. The van der Waals surface area contributed by atoms with E-state index in [4.69, 9.17) is 0 Å². The number of carbonyl (C=O) groups is 1. The number of carbonyl (C=O) groups excluding carboxylic acids is 1. The van der Waals surface area contributed by atoms with Crippen molar-refractivity contribution in [2.75, 3.05) is 6.54 Å². The Kier molecular flexibility index (Phi) is 1.39. The first-order chi connectivity index (χ1) is 5.38. The normalized spacial score (nSPS) is 21.6. The van der Waals surface area contributed by atoms with Gasteiger partial charge in [0.05, 0.1) is 0 Å². The highest BCUT2D eigenvalue weighted by Crippen LogP contribution is 2.16. The molecule has 2 heteroatoms. The van der Waals surface area contributed by atoms with E-state index < -0.39 is 0 Å². The van der Waals surface area contributed by atoms with Gasteiger partial charge in [0, 0.05) is 24.2 Å². The Bertz CT molecular complexity index is 284. The standard InChI is InChI=1S/C9H9NO/c11-9-5-1-4-8-7(9)3-2-6-10-8/h1-4,10H,5-6H2. The van der Waals surface area contributed by atoms with Crippen LogP contribution in [0.1, 0.15) is 6.42 Å². The Labute approximate surface area is 65.3 Å². The zero-order chi connectivity index (χ0) is 7.68. The molecule has 2 nitrogen and oxygen atoms in total. The molecular weight excluding hydrogens is 138 g/mol. The van der Waals surface area contributed by atoms with Gasteiger partial charge in [0.1, 0.15) is 0 Å². The lowest BCUT2D eigenvalue weighted by Crippen LogP contribution is -2.22. The maximum atomic E-state index is 11.2. The second-order valence-corrected chi connectivity index (χ2v) is 2.64. The molecule has 0 radical (unpaired) electrons. The fraction of sp³-hybridized carbons (Fsp3) is 0.222. The minimum atomic E-state index is 0.214. The summed E-state index contributed by atoms with van der Waals surface area (Å²) in [5, 5.41) is 3.14. The van der Waals surface area contributed by atoms with Crippen LogP contribution in [0.5, 0.6) is 0 Å². The molecule has 2 rings (SSSR count). The minimum Gasteiger partial charge on any atom is -0.381 e. The Hall–Kier alpha value is -1.31. The molecule has 56 valence electrons. The first-order valence-corrected chi connectivity index (χ1v) is 3.72. The van der Waals surface area contributed by atoms with Crippen LogP contribution in [-0.4, -0.2) is 12.3 Å². The van der Waals surface area contributed by atoms with Crippen molar-refractivity contribution in [2.24, 2.45) is 0 Å². The maximum absolute atomic E-state index is 11.2. The van der Waals surface area contributed by atoms with Crippen molar-refractivity contribution in [3.63, 3.8) is 0 Å². The third-order valence-corrected chi connectivity index (χ3v) is 1.87. The molecule has 0 aromatic heterocycles. The van der Waals surface area contributed by atoms with E-state index in [1.165, 1.54) is 0 Å². The van der Waals surface area contributed by atoms with Crippen LogP contribution in [-0.2, 0) is 4.79 Å². The fourth-order valence-electron chi connectivity index (χ4n) is 1.32. The van der Waals surface area contributed by atoms with Crippen molar-refractivity contribution in [3.8, 4) is 0 Å². The van der Waals surface area contributed by atoms with E-state index >= 15 is 0 Å². The van der Waals surface area contributed by atoms with E-state index in [0.29, 0.717) is 6.42 Å². The average Bonchev–Trinajstić information content (AvgIpc) is 2.06. The Morgan fingerprint density at radius 3 is 3.00 bits per heavy atom. The molecule has 1 aliphatic carbocycles. The van der Waals surface area contributed by atoms with Crippen LogP contribution < -0.4 is 5.32 Å². The van der Waals surface area contributed by atoms with Crippen LogP contribution in [0.4, 0.5) is 0 Å². The maximum Gasteiger partial charge on any atom is 0.168 e. The molecule has 0 saturated heterocycles. The van der Waals surface area contributed by atoms with E-state index in [1.807, 2.05) is 24.3 Å². The van der Waals surface area contributed by atoms with E-state index in [0.717, 1.165) is 17.8 Å². The number of allylic oxidation sites excluding steroid dienone is 4. The monoisotopic (exact) mass is 147 g/mol. The lowest BCUT2D eigenvalue weighted by molar-refractivity contribution is -0.114. The second-order valence-electron chi connectivity index (χ2n) is 2.64. The number of Topliss-reactive ketones (excluding diaryl/α,β-unsaturated/α-hetero) is 1. The van der Waals surface area contributed by atoms with E-state index in [1.54, 1.807) is 0 Å². The van der Waals surface area contributed by atoms with Crippen LogP contribution in [0, 0.1) is 0 Å².